The number of carbonyl (C=O) groups excluding carboxylic acids is 2. The van der Waals surface area contributed by atoms with E-state index in [1.165, 1.54) is 0 Å². The molecule has 7 heteroatoms. The van der Waals surface area contributed by atoms with E-state index in [2.05, 4.69) is 5.32 Å². The quantitative estimate of drug-likeness (QED) is 0.821. The summed E-state index contributed by atoms with van der Waals surface area (Å²) in [5.41, 5.74) is 0.745. The van der Waals surface area contributed by atoms with E-state index in [-0.39, 0.29) is 24.3 Å². The summed E-state index contributed by atoms with van der Waals surface area (Å²) in [4.78, 5) is 25.7. The maximum atomic E-state index is 12.2. The molecule has 0 atom stereocenters. The van der Waals surface area contributed by atoms with E-state index < -0.39 is 0 Å². The van der Waals surface area contributed by atoms with Crippen LogP contribution in [0.25, 0.3) is 0 Å². The van der Waals surface area contributed by atoms with Crippen LogP contribution in [0.1, 0.15) is 19.8 Å². The van der Waals surface area contributed by atoms with Crippen LogP contribution in [0, 0.1) is 5.92 Å². The summed E-state index contributed by atoms with van der Waals surface area (Å²) < 4.78 is 5.03. The van der Waals surface area contributed by atoms with E-state index in [0.717, 1.165) is 5.69 Å². The molecule has 1 fully saturated rings. The third-order valence-electron chi connectivity index (χ3n) is 3.83. The first kappa shape index (κ1) is 17.9. The molecular formula is C16H20Cl2N2O3. The molecule has 2 rings (SSSR count). The number of ether oxygens (including phenoxy) is 1. The molecule has 0 spiro atoms. The summed E-state index contributed by atoms with van der Waals surface area (Å²) in [7, 11) is 0. The molecular weight excluding hydrogens is 339 g/mol. The van der Waals surface area contributed by atoms with Crippen molar-refractivity contribution in [2.75, 3.05) is 31.6 Å². The monoisotopic (exact) mass is 358 g/mol. The number of benzene rings is 1. The molecule has 126 valence electrons. The first-order valence-corrected chi connectivity index (χ1v) is 8.40. The summed E-state index contributed by atoms with van der Waals surface area (Å²) >= 11 is 11.8. The third-order valence-corrected chi connectivity index (χ3v) is 4.57. The van der Waals surface area contributed by atoms with Crippen molar-refractivity contribution in [3.05, 3.63) is 28.2 Å². The van der Waals surface area contributed by atoms with Crippen LogP contribution in [0.5, 0.6) is 0 Å². The van der Waals surface area contributed by atoms with Crippen LogP contribution in [0.3, 0.4) is 0 Å². The highest BCUT2D eigenvalue weighted by molar-refractivity contribution is 6.42. The molecule has 0 saturated carbocycles. The lowest BCUT2D eigenvalue weighted by Crippen LogP contribution is -2.43. The van der Waals surface area contributed by atoms with E-state index in [4.69, 9.17) is 27.9 Å². The van der Waals surface area contributed by atoms with Crippen LogP contribution < -0.4 is 5.32 Å². The van der Waals surface area contributed by atoms with Crippen molar-refractivity contribution in [3.8, 4) is 0 Å². The van der Waals surface area contributed by atoms with Crippen molar-refractivity contribution in [1.29, 1.82) is 0 Å². The van der Waals surface area contributed by atoms with Gasteiger partial charge in [0.1, 0.15) is 0 Å². The number of anilines is 1. The lowest BCUT2D eigenvalue weighted by Gasteiger charge is -2.31. The second-order valence-corrected chi connectivity index (χ2v) is 6.20. The van der Waals surface area contributed by atoms with Crippen LogP contribution in [0.2, 0.25) is 10.0 Å². The number of amides is 1. The number of carbonyl (C=O) groups is 2. The summed E-state index contributed by atoms with van der Waals surface area (Å²) in [5.74, 6) is -0.256. The number of piperidine rings is 1. The van der Waals surface area contributed by atoms with Crippen LogP contribution in [-0.2, 0) is 14.3 Å². The summed E-state index contributed by atoms with van der Waals surface area (Å²) in [5, 5.41) is 3.96. The molecule has 0 unspecified atom stereocenters. The van der Waals surface area contributed by atoms with Gasteiger partial charge in [-0.05, 0) is 38.0 Å². The molecule has 1 amide bonds. The molecule has 0 radical (unpaired) electrons. The molecule has 0 aromatic heterocycles. The van der Waals surface area contributed by atoms with E-state index >= 15 is 0 Å². The zero-order chi connectivity index (χ0) is 16.8. The van der Waals surface area contributed by atoms with Crippen molar-refractivity contribution in [3.63, 3.8) is 0 Å². The van der Waals surface area contributed by atoms with Gasteiger partial charge in [-0.1, -0.05) is 23.2 Å². The molecule has 1 aromatic rings. The van der Waals surface area contributed by atoms with Gasteiger partial charge in [-0.3, -0.25) is 9.59 Å². The van der Waals surface area contributed by atoms with Gasteiger partial charge in [0.25, 0.3) is 0 Å². The summed E-state index contributed by atoms with van der Waals surface area (Å²) in [6.45, 7) is 3.52. The number of rotatable bonds is 5. The highest BCUT2D eigenvalue weighted by Crippen LogP contribution is 2.25. The predicted molar refractivity (Wildman–Crippen MR) is 90.9 cm³/mol. The van der Waals surface area contributed by atoms with E-state index in [9.17, 15) is 9.59 Å². The van der Waals surface area contributed by atoms with Crippen molar-refractivity contribution < 1.29 is 14.3 Å². The number of esters is 1. The molecule has 1 saturated heterocycles. The van der Waals surface area contributed by atoms with E-state index in [0.29, 0.717) is 42.6 Å². The van der Waals surface area contributed by atoms with E-state index in [1.807, 2.05) is 0 Å². The standard InChI is InChI=1S/C16H20Cl2N2O3/c1-2-23-16(22)11-5-7-20(8-6-11)15(21)10-19-12-3-4-13(17)14(18)9-12/h3-4,9,11,19H,2,5-8,10H2,1H3. The zero-order valence-electron chi connectivity index (χ0n) is 13.0. The van der Waals surface area contributed by atoms with Crippen LogP contribution in [-0.4, -0.2) is 43.0 Å². The van der Waals surface area contributed by atoms with Gasteiger partial charge in [-0.2, -0.15) is 0 Å². The molecule has 1 N–H and O–H groups in total. The number of nitrogens with one attached hydrogen (secondary N) is 1. The van der Waals surface area contributed by atoms with Crippen molar-refractivity contribution in [2.45, 2.75) is 19.8 Å². The molecule has 5 nitrogen and oxygen atoms in total. The molecule has 23 heavy (non-hydrogen) atoms. The lowest BCUT2D eigenvalue weighted by molar-refractivity contribution is -0.151. The van der Waals surface area contributed by atoms with Gasteiger partial charge < -0.3 is 15.0 Å². The zero-order valence-corrected chi connectivity index (χ0v) is 14.5. The van der Waals surface area contributed by atoms with Gasteiger partial charge >= 0.3 is 5.97 Å². The number of halogens is 2. The third kappa shape index (κ3) is 5.01. The Bertz CT molecular complexity index is 572. The highest BCUT2D eigenvalue weighted by Gasteiger charge is 2.27. The summed E-state index contributed by atoms with van der Waals surface area (Å²) in [6, 6.07) is 5.14. The van der Waals surface area contributed by atoms with Gasteiger partial charge in [-0.15, -0.1) is 0 Å². The molecule has 1 aromatic carbocycles. The molecule has 1 heterocycles. The van der Waals surface area contributed by atoms with Crippen LogP contribution in [0.15, 0.2) is 18.2 Å². The van der Waals surface area contributed by atoms with E-state index in [1.54, 1.807) is 30.0 Å². The Morgan fingerprint density at radius 3 is 2.57 bits per heavy atom. The minimum atomic E-state index is -0.159. The second kappa shape index (κ2) is 8.41. The number of likely N-dealkylation sites (tertiary alicyclic amines) is 1. The Kier molecular flexibility index (Phi) is 6.54. The molecule has 0 aliphatic carbocycles. The predicted octanol–water partition coefficient (Wildman–Crippen LogP) is 3.21. The average molecular weight is 359 g/mol. The average Bonchev–Trinajstić information content (AvgIpc) is 2.56. The fraction of sp³-hybridized carbons (Fsp3) is 0.500. The topological polar surface area (TPSA) is 58.6 Å². The number of nitrogens with zero attached hydrogens (tertiary/aromatic N) is 1. The lowest BCUT2D eigenvalue weighted by atomic mass is 9.97. The van der Waals surface area contributed by atoms with Crippen molar-refractivity contribution in [2.24, 2.45) is 5.92 Å². The Labute approximate surface area is 145 Å². The first-order chi connectivity index (χ1) is 11.0. The van der Waals surface area contributed by atoms with Gasteiger partial charge in [0.05, 0.1) is 29.1 Å². The Balaban J connectivity index is 1.79. The fourth-order valence-electron chi connectivity index (χ4n) is 2.52. The van der Waals surface area contributed by atoms with Gasteiger partial charge in [0.15, 0.2) is 0 Å². The maximum absolute atomic E-state index is 12.2. The normalized spacial score (nSPS) is 15.3. The largest absolute Gasteiger partial charge is 0.466 e. The Morgan fingerprint density at radius 2 is 1.96 bits per heavy atom. The van der Waals surface area contributed by atoms with Crippen molar-refractivity contribution >= 4 is 40.8 Å². The Hall–Kier alpha value is -1.46. The van der Waals surface area contributed by atoms with Gasteiger partial charge in [0, 0.05) is 18.8 Å². The van der Waals surface area contributed by atoms with Crippen LogP contribution in [0.4, 0.5) is 5.69 Å². The SMILES string of the molecule is CCOC(=O)C1CCN(C(=O)CNc2ccc(Cl)c(Cl)c2)CC1. The minimum absolute atomic E-state index is 0.00150. The van der Waals surface area contributed by atoms with Gasteiger partial charge in [-0.25, -0.2) is 0 Å². The first-order valence-electron chi connectivity index (χ1n) is 7.64. The van der Waals surface area contributed by atoms with Gasteiger partial charge in [0.2, 0.25) is 5.91 Å². The second-order valence-electron chi connectivity index (χ2n) is 5.39. The summed E-state index contributed by atoms with van der Waals surface area (Å²) in [6.07, 6.45) is 1.30. The highest BCUT2D eigenvalue weighted by atomic mass is 35.5. The number of hydrogen-bond donors (Lipinski definition) is 1. The molecule has 1 aliphatic rings. The molecule has 0 bridgehead atoms. The number of hydrogen-bond acceptors (Lipinski definition) is 4. The molecule has 1 aliphatic heterocycles. The maximum Gasteiger partial charge on any atom is 0.309 e. The Morgan fingerprint density at radius 1 is 1.26 bits per heavy atom. The fourth-order valence-corrected chi connectivity index (χ4v) is 2.82. The smallest absolute Gasteiger partial charge is 0.309 e. The van der Waals surface area contributed by atoms with Crippen LogP contribution >= 0.6 is 23.2 Å². The minimum Gasteiger partial charge on any atom is -0.466 e. The van der Waals surface area contributed by atoms with Crippen molar-refractivity contribution in [1.82, 2.24) is 4.90 Å².